The van der Waals surface area contributed by atoms with Gasteiger partial charge < -0.3 is 20.6 Å². The number of nitro benzene ring substituents is 1. The number of rotatable bonds is 4. The van der Waals surface area contributed by atoms with Crippen LogP contribution in [0.15, 0.2) is 12.1 Å². The van der Waals surface area contributed by atoms with E-state index in [0.717, 1.165) is 6.07 Å². The standard InChI is InChI=1S/C12H14Cl2N2O5/c13-6-2-8(10(16(20)21)3-7(6)14)15-9-1-5(4-17)11(18)12(9)19/h2-3,5,9,11-12,15,17-19H,1,4H2/t5-,9-,11-,12+/m1/s1. The largest absolute Gasteiger partial charge is 0.396 e. The van der Waals surface area contributed by atoms with E-state index in [4.69, 9.17) is 28.3 Å². The van der Waals surface area contributed by atoms with Gasteiger partial charge in [-0.3, -0.25) is 10.1 Å². The van der Waals surface area contributed by atoms with Crippen molar-refractivity contribution < 1.29 is 20.2 Å². The van der Waals surface area contributed by atoms with Gasteiger partial charge in [0.2, 0.25) is 0 Å². The summed E-state index contributed by atoms with van der Waals surface area (Å²) in [5.74, 6) is -0.487. The molecule has 0 saturated heterocycles. The number of halogens is 2. The predicted molar refractivity (Wildman–Crippen MR) is 77.7 cm³/mol. The molecule has 1 saturated carbocycles. The number of hydrogen-bond acceptors (Lipinski definition) is 6. The summed E-state index contributed by atoms with van der Waals surface area (Å²) in [4.78, 5) is 10.4. The highest BCUT2D eigenvalue weighted by atomic mass is 35.5. The lowest BCUT2D eigenvalue weighted by molar-refractivity contribution is -0.384. The fraction of sp³-hybridized carbons (Fsp3) is 0.500. The molecule has 0 amide bonds. The summed E-state index contributed by atoms with van der Waals surface area (Å²) in [6.45, 7) is -0.278. The quantitative estimate of drug-likeness (QED) is 0.488. The maximum atomic E-state index is 11.0. The molecule has 0 heterocycles. The Morgan fingerprint density at radius 1 is 1.29 bits per heavy atom. The molecule has 0 aromatic heterocycles. The molecule has 0 unspecified atom stereocenters. The fourth-order valence-corrected chi connectivity index (χ4v) is 2.77. The summed E-state index contributed by atoms with van der Waals surface area (Å²) in [5, 5.41) is 42.8. The minimum atomic E-state index is -1.14. The molecule has 1 aliphatic rings. The second-order valence-corrected chi connectivity index (χ2v) is 5.77. The van der Waals surface area contributed by atoms with E-state index in [-0.39, 0.29) is 34.4 Å². The Morgan fingerprint density at radius 2 is 1.90 bits per heavy atom. The first-order valence-electron chi connectivity index (χ1n) is 6.22. The number of hydrogen-bond donors (Lipinski definition) is 4. The lowest BCUT2D eigenvalue weighted by Gasteiger charge is -2.19. The average Bonchev–Trinajstić information content (AvgIpc) is 2.70. The summed E-state index contributed by atoms with van der Waals surface area (Å²) in [5.41, 5.74) is -0.178. The van der Waals surface area contributed by atoms with Crippen molar-refractivity contribution >= 4 is 34.6 Å². The van der Waals surface area contributed by atoms with Crippen LogP contribution in [0.5, 0.6) is 0 Å². The summed E-state index contributed by atoms with van der Waals surface area (Å²) < 4.78 is 0. The van der Waals surface area contributed by atoms with Crippen LogP contribution in [0, 0.1) is 16.0 Å². The Balaban J connectivity index is 2.27. The van der Waals surface area contributed by atoms with Crippen LogP contribution in [0.25, 0.3) is 0 Å². The zero-order chi connectivity index (χ0) is 15.7. The summed E-state index contributed by atoms with van der Waals surface area (Å²) in [6.07, 6.45) is -1.96. The number of benzene rings is 1. The molecule has 1 fully saturated rings. The molecular formula is C12H14Cl2N2O5. The topological polar surface area (TPSA) is 116 Å². The molecule has 116 valence electrons. The van der Waals surface area contributed by atoms with E-state index in [2.05, 4.69) is 5.32 Å². The molecule has 0 spiro atoms. The first kappa shape index (κ1) is 16.3. The Labute approximate surface area is 130 Å². The van der Waals surface area contributed by atoms with E-state index in [1.165, 1.54) is 6.07 Å². The summed E-state index contributed by atoms with van der Waals surface area (Å²) in [6, 6.07) is 1.79. The van der Waals surface area contributed by atoms with Crippen LogP contribution >= 0.6 is 23.2 Å². The van der Waals surface area contributed by atoms with E-state index < -0.39 is 29.1 Å². The lowest BCUT2D eigenvalue weighted by Crippen LogP contribution is -2.35. The zero-order valence-electron chi connectivity index (χ0n) is 10.7. The minimum absolute atomic E-state index is 0.0501. The van der Waals surface area contributed by atoms with Crippen molar-refractivity contribution in [3.8, 4) is 0 Å². The van der Waals surface area contributed by atoms with Crippen LogP contribution in [0.1, 0.15) is 6.42 Å². The van der Waals surface area contributed by atoms with Crippen molar-refractivity contribution in [2.24, 2.45) is 5.92 Å². The van der Waals surface area contributed by atoms with Crippen molar-refractivity contribution in [3.05, 3.63) is 32.3 Å². The van der Waals surface area contributed by atoms with Gasteiger partial charge in [0.15, 0.2) is 0 Å². The minimum Gasteiger partial charge on any atom is -0.396 e. The van der Waals surface area contributed by atoms with Gasteiger partial charge in [0.1, 0.15) is 11.8 Å². The van der Waals surface area contributed by atoms with Crippen molar-refractivity contribution in [2.45, 2.75) is 24.7 Å². The molecule has 2 rings (SSSR count). The smallest absolute Gasteiger partial charge is 0.293 e. The molecule has 4 atom stereocenters. The summed E-state index contributed by atoms with van der Waals surface area (Å²) >= 11 is 11.6. The molecule has 21 heavy (non-hydrogen) atoms. The molecular weight excluding hydrogens is 323 g/mol. The highest BCUT2D eigenvalue weighted by Crippen LogP contribution is 2.36. The second kappa shape index (κ2) is 6.33. The first-order valence-corrected chi connectivity index (χ1v) is 6.97. The monoisotopic (exact) mass is 336 g/mol. The fourth-order valence-electron chi connectivity index (χ4n) is 2.45. The van der Waals surface area contributed by atoms with Gasteiger partial charge in [-0.25, -0.2) is 0 Å². The predicted octanol–water partition coefficient (Wildman–Crippen LogP) is 1.42. The second-order valence-electron chi connectivity index (χ2n) is 4.95. The van der Waals surface area contributed by atoms with Crippen molar-refractivity contribution in [3.63, 3.8) is 0 Å². The van der Waals surface area contributed by atoms with Gasteiger partial charge in [0.05, 0.1) is 27.1 Å². The Bertz CT molecular complexity index is 557. The van der Waals surface area contributed by atoms with Crippen LogP contribution in [-0.4, -0.2) is 45.1 Å². The van der Waals surface area contributed by atoms with E-state index >= 15 is 0 Å². The summed E-state index contributed by atoms with van der Waals surface area (Å²) in [7, 11) is 0. The third-order valence-electron chi connectivity index (χ3n) is 3.61. The molecule has 7 nitrogen and oxygen atoms in total. The third-order valence-corrected chi connectivity index (χ3v) is 4.33. The molecule has 1 aromatic carbocycles. The number of aliphatic hydroxyl groups excluding tert-OH is 3. The van der Waals surface area contributed by atoms with Gasteiger partial charge in [-0.1, -0.05) is 23.2 Å². The van der Waals surface area contributed by atoms with E-state index in [0.29, 0.717) is 0 Å². The number of aliphatic hydroxyl groups is 3. The van der Waals surface area contributed by atoms with Gasteiger partial charge in [-0.05, 0) is 12.5 Å². The van der Waals surface area contributed by atoms with Crippen LogP contribution in [-0.2, 0) is 0 Å². The molecule has 9 heteroatoms. The Hall–Kier alpha value is -1.12. The molecule has 4 N–H and O–H groups in total. The average molecular weight is 337 g/mol. The van der Waals surface area contributed by atoms with E-state index in [9.17, 15) is 20.3 Å². The van der Waals surface area contributed by atoms with Crippen LogP contribution in [0.4, 0.5) is 11.4 Å². The Kier molecular flexibility index (Phi) is 4.90. The highest BCUT2D eigenvalue weighted by molar-refractivity contribution is 6.42. The Morgan fingerprint density at radius 3 is 2.43 bits per heavy atom. The third kappa shape index (κ3) is 3.22. The van der Waals surface area contributed by atoms with E-state index in [1.54, 1.807) is 0 Å². The van der Waals surface area contributed by atoms with Crippen LogP contribution < -0.4 is 5.32 Å². The molecule has 0 aliphatic heterocycles. The van der Waals surface area contributed by atoms with E-state index in [1.807, 2.05) is 0 Å². The first-order chi connectivity index (χ1) is 9.85. The van der Waals surface area contributed by atoms with Gasteiger partial charge >= 0.3 is 0 Å². The number of nitrogens with one attached hydrogen (secondary N) is 1. The van der Waals surface area contributed by atoms with Crippen LogP contribution in [0.2, 0.25) is 10.0 Å². The molecule has 1 aromatic rings. The lowest BCUT2D eigenvalue weighted by atomic mass is 10.1. The maximum absolute atomic E-state index is 11.0. The highest BCUT2D eigenvalue weighted by Gasteiger charge is 2.41. The molecule has 1 aliphatic carbocycles. The number of anilines is 1. The number of nitrogens with zero attached hydrogens (tertiary/aromatic N) is 1. The number of nitro groups is 1. The van der Waals surface area contributed by atoms with Gasteiger partial charge in [0, 0.05) is 18.6 Å². The molecule has 0 bridgehead atoms. The van der Waals surface area contributed by atoms with Crippen molar-refractivity contribution in [1.82, 2.24) is 0 Å². The van der Waals surface area contributed by atoms with Crippen molar-refractivity contribution in [1.29, 1.82) is 0 Å². The van der Waals surface area contributed by atoms with Crippen molar-refractivity contribution in [2.75, 3.05) is 11.9 Å². The normalized spacial score (nSPS) is 28.6. The van der Waals surface area contributed by atoms with Crippen LogP contribution in [0.3, 0.4) is 0 Å². The zero-order valence-corrected chi connectivity index (χ0v) is 12.3. The van der Waals surface area contributed by atoms with Gasteiger partial charge in [-0.2, -0.15) is 0 Å². The maximum Gasteiger partial charge on any atom is 0.293 e. The van der Waals surface area contributed by atoms with Gasteiger partial charge in [0.25, 0.3) is 5.69 Å². The molecule has 0 radical (unpaired) electrons. The van der Waals surface area contributed by atoms with Gasteiger partial charge in [-0.15, -0.1) is 0 Å². The SMILES string of the molecule is O=[N+]([O-])c1cc(Cl)c(Cl)cc1N[C@@H]1C[C@H](CO)[C@@H](O)[C@H]1O.